The van der Waals surface area contributed by atoms with E-state index in [0.29, 0.717) is 0 Å². The zero-order valence-electron chi connectivity index (χ0n) is 8.26. The van der Waals surface area contributed by atoms with Gasteiger partial charge < -0.3 is 0 Å². The van der Waals surface area contributed by atoms with E-state index in [-0.39, 0.29) is 0 Å². The molecule has 0 saturated heterocycles. The van der Waals surface area contributed by atoms with Crippen LogP contribution in [0, 0.1) is 0 Å². The number of nitrogens with zero attached hydrogens (tertiary/aromatic N) is 1. The van der Waals surface area contributed by atoms with Gasteiger partial charge in [0, 0.05) is 13.1 Å². The standard InChI is InChI=1S/C12H16NP/c1-2-10-13(14)11-6-9-12-7-4-3-5-8-12/h2-9H,1,10-11,14H2. The Morgan fingerprint density at radius 2 is 1.93 bits per heavy atom. The van der Waals surface area contributed by atoms with Crippen LogP contribution in [0.15, 0.2) is 49.1 Å². The first kappa shape index (κ1) is 11.2. The fourth-order valence-corrected chi connectivity index (χ4v) is 1.40. The van der Waals surface area contributed by atoms with Gasteiger partial charge in [-0.1, -0.05) is 58.0 Å². The quantitative estimate of drug-likeness (QED) is 0.527. The van der Waals surface area contributed by atoms with Crippen molar-refractivity contribution in [1.29, 1.82) is 0 Å². The molecule has 1 unspecified atom stereocenters. The smallest absolute Gasteiger partial charge is 0.0203 e. The van der Waals surface area contributed by atoms with Crippen molar-refractivity contribution in [2.75, 3.05) is 13.1 Å². The molecule has 0 aromatic heterocycles. The molecule has 14 heavy (non-hydrogen) atoms. The van der Waals surface area contributed by atoms with Crippen molar-refractivity contribution in [3.8, 4) is 0 Å². The van der Waals surface area contributed by atoms with Crippen LogP contribution in [0.3, 0.4) is 0 Å². The molecule has 0 radical (unpaired) electrons. The molecule has 1 aromatic carbocycles. The molecule has 74 valence electrons. The first-order chi connectivity index (χ1) is 6.83. The van der Waals surface area contributed by atoms with Crippen LogP contribution >= 0.6 is 9.39 Å². The molecule has 0 heterocycles. The molecule has 0 amide bonds. The van der Waals surface area contributed by atoms with Gasteiger partial charge in [-0.25, -0.2) is 0 Å². The fourth-order valence-electron chi connectivity index (χ4n) is 1.13. The second kappa shape index (κ2) is 6.53. The van der Waals surface area contributed by atoms with Crippen molar-refractivity contribution in [1.82, 2.24) is 4.67 Å². The van der Waals surface area contributed by atoms with E-state index in [9.17, 15) is 0 Å². The minimum absolute atomic E-state index is 0.893. The Morgan fingerprint density at radius 3 is 2.57 bits per heavy atom. The van der Waals surface area contributed by atoms with E-state index in [1.165, 1.54) is 5.56 Å². The van der Waals surface area contributed by atoms with Gasteiger partial charge >= 0.3 is 0 Å². The van der Waals surface area contributed by atoms with Gasteiger partial charge in [0.1, 0.15) is 0 Å². The third-order valence-corrected chi connectivity index (χ3v) is 2.24. The minimum atomic E-state index is 0.893. The number of benzene rings is 1. The summed E-state index contributed by atoms with van der Waals surface area (Å²) in [7, 11) is 2.68. The van der Waals surface area contributed by atoms with Gasteiger partial charge in [-0.15, -0.1) is 6.58 Å². The summed E-state index contributed by atoms with van der Waals surface area (Å²) in [5.74, 6) is 0. The van der Waals surface area contributed by atoms with E-state index in [0.717, 1.165) is 13.1 Å². The summed E-state index contributed by atoms with van der Waals surface area (Å²) in [6, 6.07) is 10.3. The van der Waals surface area contributed by atoms with E-state index < -0.39 is 0 Å². The average Bonchev–Trinajstić information content (AvgIpc) is 2.20. The first-order valence-corrected chi connectivity index (χ1v) is 5.16. The molecule has 0 aliphatic heterocycles. The van der Waals surface area contributed by atoms with Crippen molar-refractivity contribution in [2.45, 2.75) is 0 Å². The highest BCUT2D eigenvalue weighted by Gasteiger charge is 1.89. The summed E-state index contributed by atoms with van der Waals surface area (Å²) in [5.41, 5.74) is 1.24. The molecule has 2 heteroatoms. The molecule has 1 rings (SSSR count). The summed E-state index contributed by atoms with van der Waals surface area (Å²) in [6.07, 6.45) is 6.16. The number of hydrogen-bond acceptors (Lipinski definition) is 1. The molecule has 0 spiro atoms. The highest BCUT2D eigenvalue weighted by atomic mass is 31.0. The number of hydrogen-bond donors (Lipinski definition) is 0. The normalized spacial score (nSPS) is 11.0. The second-order valence-electron chi connectivity index (χ2n) is 3.06. The van der Waals surface area contributed by atoms with Crippen LogP contribution in [-0.4, -0.2) is 17.8 Å². The Balaban J connectivity index is 2.37. The van der Waals surface area contributed by atoms with Crippen molar-refractivity contribution in [2.24, 2.45) is 0 Å². The van der Waals surface area contributed by atoms with Crippen molar-refractivity contribution < 1.29 is 0 Å². The lowest BCUT2D eigenvalue weighted by Gasteiger charge is -2.09. The summed E-state index contributed by atoms with van der Waals surface area (Å²) in [6.45, 7) is 5.50. The molecular formula is C12H16NP. The molecule has 0 saturated carbocycles. The Kier molecular flexibility index (Phi) is 5.21. The van der Waals surface area contributed by atoms with Crippen LogP contribution in [0.4, 0.5) is 0 Å². The summed E-state index contributed by atoms with van der Waals surface area (Å²) < 4.78 is 2.12. The summed E-state index contributed by atoms with van der Waals surface area (Å²) >= 11 is 0. The highest BCUT2D eigenvalue weighted by Crippen LogP contribution is 2.03. The van der Waals surface area contributed by atoms with E-state index in [1.807, 2.05) is 24.3 Å². The van der Waals surface area contributed by atoms with Crippen LogP contribution in [0.25, 0.3) is 6.08 Å². The third-order valence-electron chi connectivity index (χ3n) is 1.81. The van der Waals surface area contributed by atoms with Crippen LogP contribution in [0.2, 0.25) is 0 Å². The summed E-state index contributed by atoms with van der Waals surface area (Å²) in [4.78, 5) is 0. The SMILES string of the molecule is C=CCN(P)CC=Cc1ccccc1. The zero-order chi connectivity index (χ0) is 10.2. The predicted molar refractivity (Wildman–Crippen MR) is 67.0 cm³/mol. The van der Waals surface area contributed by atoms with E-state index in [1.54, 1.807) is 0 Å². The minimum Gasteiger partial charge on any atom is -0.280 e. The second-order valence-corrected chi connectivity index (χ2v) is 3.79. The van der Waals surface area contributed by atoms with Crippen LogP contribution < -0.4 is 0 Å². The largest absolute Gasteiger partial charge is 0.280 e. The van der Waals surface area contributed by atoms with Gasteiger partial charge in [0.05, 0.1) is 0 Å². The van der Waals surface area contributed by atoms with E-state index in [4.69, 9.17) is 0 Å². The third kappa shape index (κ3) is 4.36. The molecule has 0 N–H and O–H groups in total. The van der Waals surface area contributed by atoms with Crippen molar-refractivity contribution in [3.05, 3.63) is 54.6 Å². The summed E-state index contributed by atoms with van der Waals surface area (Å²) in [5, 5.41) is 0. The van der Waals surface area contributed by atoms with Crippen molar-refractivity contribution >= 4 is 15.5 Å². The molecule has 1 nitrogen and oxygen atoms in total. The lowest BCUT2D eigenvalue weighted by Crippen LogP contribution is -2.09. The van der Waals surface area contributed by atoms with Gasteiger partial charge in [-0.05, 0) is 5.56 Å². The molecule has 0 bridgehead atoms. The molecular weight excluding hydrogens is 189 g/mol. The predicted octanol–water partition coefficient (Wildman–Crippen LogP) is 2.98. The Hall–Kier alpha value is -0.910. The monoisotopic (exact) mass is 205 g/mol. The maximum Gasteiger partial charge on any atom is 0.0203 e. The van der Waals surface area contributed by atoms with Crippen LogP contribution in [-0.2, 0) is 0 Å². The van der Waals surface area contributed by atoms with Gasteiger partial charge in [-0.3, -0.25) is 4.67 Å². The molecule has 0 aliphatic carbocycles. The topological polar surface area (TPSA) is 3.24 Å². The Bertz CT molecular complexity index is 292. The number of rotatable bonds is 5. The lowest BCUT2D eigenvalue weighted by atomic mass is 10.2. The van der Waals surface area contributed by atoms with E-state index in [2.05, 4.69) is 44.9 Å². The van der Waals surface area contributed by atoms with Gasteiger partial charge in [0.25, 0.3) is 0 Å². The molecule has 1 aromatic rings. The lowest BCUT2D eigenvalue weighted by molar-refractivity contribution is 0.579. The van der Waals surface area contributed by atoms with E-state index >= 15 is 0 Å². The zero-order valence-corrected chi connectivity index (χ0v) is 9.42. The van der Waals surface area contributed by atoms with Crippen LogP contribution in [0.5, 0.6) is 0 Å². The first-order valence-electron chi connectivity index (χ1n) is 4.65. The highest BCUT2D eigenvalue weighted by molar-refractivity contribution is 7.13. The maximum absolute atomic E-state index is 3.69. The molecule has 0 fully saturated rings. The molecule has 0 aliphatic rings. The van der Waals surface area contributed by atoms with Gasteiger partial charge in [0.2, 0.25) is 0 Å². The Morgan fingerprint density at radius 1 is 1.21 bits per heavy atom. The van der Waals surface area contributed by atoms with Gasteiger partial charge in [-0.2, -0.15) is 0 Å². The molecule has 1 atom stereocenters. The fraction of sp³-hybridized carbons (Fsp3) is 0.167. The van der Waals surface area contributed by atoms with Gasteiger partial charge in [0.15, 0.2) is 0 Å². The van der Waals surface area contributed by atoms with Crippen molar-refractivity contribution in [3.63, 3.8) is 0 Å². The Labute approximate surface area is 88.4 Å². The average molecular weight is 205 g/mol. The van der Waals surface area contributed by atoms with Crippen LogP contribution in [0.1, 0.15) is 5.56 Å². The maximum atomic E-state index is 3.69.